The van der Waals surface area contributed by atoms with Crippen molar-refractivity contribution < 1.29 is 9.84 Å². The third kappa shape index (κ3) is 4.04. The quantitative estimate of drug-likeness (QED) is 0.572. The number of anilines is 1. The molecule has 4 N–H and O–H groups in total. The van der Waals surface area contributed by atoms with Crippen molar-refractivity contribution in [2.45, 2.75) is 12.0 Å². The highest BCUT2D eigenvalue weighted by molar-refractivity contribution is 7.99. The first kappa shape index (κ1) is 14.0. The molecule has 19 heavy (non-hydrogen) atoms. The Kier molecular flexibility index (Phi) is 4.55. The van der Waals surface area contributed by atoms with Crippen molar-refractivity contribution in [1.82, 2.24) is 0 Å². The molecule has 0 aliphatic carbocycles. The molecule has 0 amide bonds. The lowest BCUT2D eigenvalue weighted by Crippen LogP contribution is -2.34. The predicted octanol–water partition coefficient (Wildman–Crippen LogP) is 1.29. The van der Waals surface area contributed by atoms with Crippen molar-refractivity contribution in [3.8, 4) is 5.75 Å². The summed E-state index contributed by atoms with van der Waals surface area (Å²) in [6.45, 7) is 0.342. The average Bonchev–Trinajstić information content (AvgIpc) is 2.85. The number of nitrogens with one attached hydrogen (secondary N) is 1. The Labute approximate surface area is 117 Å². The van der Waals surface area contributed by atoms with Gasteiger partial charge in [0, 0.05) is 11.4 Å². The van der Waals surface area contributed by atoms with Crippen molar-refractivity contribution in [2.24, 2.45) is 10.7 Å². The molecular weight excluding hydrogens is 262 g/mol. The summed E-state index contributed by atoms with van der Waals surface area (Å²) in [6, 6.07) is 7.41. The van der Waals surface area contributed by atoms with Crippen LogP contribution >= 0.6 is 11.8 Å². The summed E-state index contributed by atoms with van der Waals surface area (Å²) in [6.07, 6.45) is 0.775. The first-order valence-corrected chi connectivity index (χ1v) is 7.28. The highest BCUT2D eigenvalue weighted by atomic mass is 32.2. The van der Waals surface area contributed by atoms with E-state index in [0.29, 0.717) is 12.5 Å². The number of hydrogen-bond donors (Lipinski definition) is 3. The van der Waals surface area contributed by atoms with E-state index < -0.39 is 5.60 Å². The normalized spacial score (nSPS) is 23.4. The van der Waals surface area contributed by atoms with E-state index in [0.717, 1.165) is 29.4 Å². The SMILES string of the molecule is COc1ccc(NC(N)=NCC2(O)CCSC2)cc1. The maximum Gasteiger partial charge on any atom is 0.193 e. The van der Waals surface area contributed by atoms with Gasteiger partial charge in [-0.25, -0.2) is 0 Å². The van der Waals surface area contributed by atoms with Crippen LogP contribution in [0, 0.1) is 0 Å². The van der Waals surface area contributed by atoms with Crippen LogP contribution < -0.4 is 15.8 Å². The number of methoxy groups -OCH3 is 1. The number of rotatable bonds is 4. The van der Waals surface area contributed by atoms with Crippen molar-refractivity contribution in [3.63, 3.8) is 0 Å². The largest absolute Gasteiger partial charge is 0.497 e. The Hall–Kier alpha value is -1.40. The minimum Gasteiger partial charge on any atom is -0.497 e. The maximum atomic E-state index is 10.1. The molecule has 1 fully saturated rings. The number of benzene rings is 1. The molecule has 1 aliphatic heterocycles. The molecule has 0 spiro atoms. The molecule has 1 aromatic carbocycles. The monoisotopic (exact) mass is 281 g/mol. The Balaban J connectivity index is 1.90. The summed E-state index contributed by atoms with van der Waals surface area (Å²) < 4.78 is 5.08. The third-order valence-electron chi connectivity index (χ3n) is 2.99. The standard InChI is InChI=1S/C13H19N3O2S/c1-18-11-4-2-10(3-5-11)16-12(14)15-8-13(17)6-7-19-9-13/h2-5,17H,6-9H2,1H3,(H3,14,15,16). The zero-order chi connectivity index (χ0) is 13.7. The zero-order valence-corrected chi connectivity index (χ0v) is 11.7. The molecule has 1 unspecified atom stereocenters. The second-order valence-electron chi connectivity index (χ2n) is 4.58. The van der Waals surface area contributed by atoms with Gasteiger partial charge in [0.2, 0.25) is 0 Å². The summed E-state index contributed by atoms with van der Waals surface area (Å²) in [4.78, 5) is 4.20. The summed E-state index contributed by atoms with van der Waals surface area (Å²) in [5.41, 5.74) is 5.95. The second-order valence-corrected chi connectivity index (χ2v) is 5.69. The van der Waals surface area contributed by atoms with Crippen molar-refractivity contribution in [1.29, 1.82) is 0 Å². The predicted molar refractivity (Wildman–Crippen MR) is 80.0 cm³/mol. The molecular formula is C13H19N3O2S. The fourth-order valence-corrected chi connectivity index (χ4v) is 3.10. The highest BCUT2D eigenvalue weighted by Crippen LogP contribution is 2.27. The van der Waals surface area contributed by atoms with Gasteiger partial charge in [-0.3, -0.25) is 4.99 Å². The van der Waals surface area contributed by atoms with E-state index in [1.807, 2.05) is 24.3 Å². The van der Waals surface area contributed by atoms with Crippen LogP contribution in [0.2, 0.25) is 0 Å². The van der Waals surface area contributed by atoms with E-state index in [4.69, 9.17) is 10.5 Å². The number of aliphatic imine (C=N–C) groups is 1. The van der Waals surface area contributed by atoms with Crippen molar-refractivity contribution >= 4 is 23.4 Å². The molecule has 1 aliphatic rings. The molecule has 5 nitrogen and oxygen atoms in total. The summed E-state index contributed by atoms with van der Waals surface area (Å²) in [7, 11) is 1.62. The fraction of sp³-hybridized carbons (Fsp3) is 0.462. The number of nitrogens with two attached hydrogens (primary N) is 1. The third-order valence-corrected chi connectivity index (χ3v) is 4.22. The number of thioether (sulfide) groups is 1. The van der Waals surface area contributed by atoms with Crippen molar-refractivity contribution in [3.05, 3.63) is 24.3 Å². The lowest BCUT2D eigenvalue weighted by atomic mass is 10.1. The molecule has 1 aromatic rings. The Bertz CT molecular complexity index is 442. The van der Waals surface area contributed by atoms with Crippen LogP contribution in [0.3, 0.4) is 0 Å². The first-order chi connectivity index (χ1) is 9.11. The van der Waals surface area contributed by atoms with E-state index in [2.05, 4.69) is 10.3 Å². The van der Waals surface area contributed by atoms with Crippen LogP contribution in [0.1, 0.15) is 6.42 Å². The summed E-state index contributed by atoms with van der Waals surface area (Å²) in [5.74, 6) is 2.82. The van der Waals surface area contributed by atoms with E-state index in [9.17, 15) is 5.11 Å². The Morgan fingerprint density at radius 1 is 1.53 bits per heavy atom. The molecule has 0 bridgehead atoms. The first-order valence-electron chi connectivity index (χ1n) is 6.12. The molecule has 0 saturated carbocycles. The second kappa shape index (κ2) is 6.16. The molecule has 6 heteroatoms. The van der Waals surface area contributed by atoms with Gasteiger partial charge in [-0.2, -0.15) is 11.8 Å². The maximum absolute atomic E-state index is 10.1. The van der Waals surface area contributed by atoms with Crippen LogP contribution in [-0.4, -0.2) is 41.8 Å². The molecule has 1 atom stereocenters. The van der Waals surface area contributed by atoms with E-state index in [1.54, 1.807) is 18.9 Å². The van der Waals surface area contributed by atoms with E-state index >= 15 is 0 Å². The molecule has 1 heterocycles. The van der Waals surface area contributed by atoms with Gasteiger partial charge >= 0.3 is 0 Å². The average molecular weight is 281 g/mol. The lowest BCUT2D eigenvalue weighted by Gasteiger charge is -2.18. The number of aliphatic hydroxyl groups is 1. The minimum absolute atomic E-state index is 0.315. The Morgan fingerprint density at radius 3 is 2.84 bits per heavy atom. The Morgan fingerprint density at radius 2 is 2.26 bits per heavy atom. The van der Waals surface area contributed by atoms with E-state index in [1.165, 1.54) is 0 Å². The number of ether oxygens (including phenoxy) is 1. The van der Waals surface area contributed by atoms with Gasteiger partial charge in [0.05, 0.1) is 19.3 Å². The molecule has 0 radical (unpaired) electrons. The molecule has 104 valence electrons. The van der Waals surface area contributed by atoms with Gasteiger partial charge in [0.25, 0.3) is 0 Å². The summed E-state index contributed by atoms with van der Waals surface area (Å²) >= 11 is 1.75. The van der Waals surface area contributed by atoms with E-state index in [-0.39, 0.29) is 0 Å². The van der Waals surface area contributed by atoms with Gasteiger partial charge < -0.3 is 20.9 Å². The van der Waals surface area contributed by atoms with Crippen LogP contribution in [0.15, 0.2) is 29.3 Å². The summed E-state index contributed by atoms with van der Waals surface area (Å²) in [5, 5.41) is 13.1. The van der Waals surface area contributed by atoms with Gasteiger partial charge in [-0.15, -0.1) is 0 Å². The van der Waals surface area contributed by atoms with Crippen LogP contribution in [-0.2, 0) is 0 Å². The van der Waals surface area contributed by atoms with Crippen LogP contribution in [0.25, 0.3) is 0 Å². The van der Waals surface area contributed by atoms with Gasteiger partial charge in [0.15, 0.2) is 5.96 Å². The van der Waals surface area contributed by atoms with Gasteiger partial charge in [-0.05, 0) is 36.4 Å². The van der Waals surface area contributed by atoms with Crippen LogP contribution in [0.5, 0.6) is 5.75 Å². The highest BCUT2D eigenvalue weighted by Gasteiger charge is 2.31. The van der Waals surface area contributed by atoms with Gasteiger partial charge in [0.1, 0.15) is 5.75 Å². The zero-order valence-electron chi connectivity index (χ0n) is 10.9. The molecule has 1 saturated heterocycles. The van der Waals surface area contributed by atoms with Crippen LogP contribution in [0.4, 0.5) is 5.69 Å². The smallest absolute Gasteiger partial charge is 0.193 e. The lowest BCUT2D eigenvalue weighted by molar-refractivity contribution is 0.0780. The molecule has 0 aromatic heterocycles. The number of nitrogens with zero attached hydrogens (tertiary/aromatic N) is 1. The minimum atomic E-state index is -0.698. The number of hydrogen-bond acceptors (Lipinski definition) is 4. The topological polar surface area (TPSA) is 79.9 Å². The fourth-order valence-electron chi connectivity index (χ4n) is 1.82. The van der Waals surface area contributed by atoms with Gasteiger partial charge in [-0.1, -0.05) is 0 Å². The molecule has 2 rings (SSSR count). The van der Waals surface area contributed by atoms with Crippen molar-refractivity contribution in [2.75, 3.05) is 30.5 Å². The number of guanidine groups is 1.